The Balaban J connectivity index is 1.83. The first kappa shape index (κ1) is 13.5. The molecule has 0 saturated carbocycles. The summed E-state index contributed by atoms with van der Waals surface area (Å²) >= 11 is 0. The van der Waals surface area contributed by atoms with Gasteiger partial charge in [-0.05, 0) is 24.0 Å². The number of nitrogens with one attached hydrogen (secondary N) is 2. The van der Waals surface area contributed by atoms with Crippen LogP contribution in [0.5, 0.6) is 0 Å². The Kier molecular flexibility index (Phi) is 3.12. The van der Waals surface area contributed by atoms with Crippen molar-refractivity contribution in [2.45, 2.75) is 26.7 Å². The van der Waals surface area contributed by atoms with Crippen molar-refractivity contribution >= 4 is 17.6 Å². The van der Waals surface area contributed by atoms with Gasteiger partial charge in [0.15, 0.2) is 5.78 Å². The molecule has 21 heavy (non-hydrogen) atoms. The Bertz CT molecular complexity index is 702. The van der Waals surface area contributed by atoms with Gasteiger partial charge in [-0.3, -0.25) is 14.9 Å². The Hall–Kier alpha value is -2.43. The minimum Gasteiger partial charge on any atom is -0.327 e. The fourth-order valence-electron chi connectivity index (χ4n) is 2.66. The molecular weight excluding hydrogens is 266 g/mol. The van der Waals surface area contributed by atoms with Gasteiger partial charge in [0.2, 0.25) is 5.95 Å². The number of Topliss-reactive ketones (excluding diaryl/α,β-unsaturated/α-hetero) is 1. The van der Waals surface area contributed by atoms with Crippen LogP contribution in [0.2, 0.25) is 0 Å². The van der Waals surface area contributed by atoms with E-state index in [1.165, 1.54) is 0 Å². The number of imidazole rings is 1. The van der Waals surface area contributed by atoms with Gasteiger partial charge in [-0.1, -0.05) is 32.0 Å². The van der Waals surface area contributed by atoms with Gasteiger partial charge < -0.3 is 4.98 Å². The zero-order valence-electron chi connectivity index (χ0n) is 12.1. The Labute approximate surface area is 122 Å². The van der Waals surface area contributed by atoms with Crippen molar-refractivity contribution in [3.05, 3.63) is 47.3 Å². The molecule has 0 bridgehead atoms. The molecule has 0 spiro atoms. The second-order valence-electron chi connectivity index (χ2n) is 6.17. The number of aromatic nitrogens is 2. The quantitative estimate of drug-likeness (QED) is 0.890. The summed E-state index contributed by atoms with van der Waals surface area (Å²) in [6.07, 6.45) is 1.24. The second kappa shape index (κ2) is 4.84. The highest BCUT2D eigenvalue weighted by Gasteiger charge is 2.33. The molecule has 1 aliphatic carbocycles. The maximum atomic E-state index is 12.1. The lowest BCUT2D eigenvalue weighted by Gasteiger charge is -2.27. The first-order valence-electron chi connectivity index (χ1n) is 6.93. The number of nitrogens with zero attached hydrogens (tertiary/aromatic N) is 1. The molecule has 1 aliphatic rings. The minimum atomic E-state index is -0.242. The molecule has 108 valence electrons. The lowest BCUT2D eigenvalue weighted by molar-refractivity contribution is 0.0905. The third-order valence-electron chi connectivity index (χ3n) is 3.61. The normalized spacial score (nSPS) is 16.4. The molecule has 2 aromatic rings. The fraction of sp³-hybridized carbons (Fsp3) is 0.312. The molecule has 0 fully saturated rings. The number of carbonyl (C=O) groups excluding carboxylic acids is 2. The van der Waals surface area contributed by atoms with Crippen molar-refractivity contribution < 1.29 is 9.59 Å². The topological polar surface area (TPSA) is 74.8 Å². The van der Waals surface area contributed by atoms with E-state index < -0.39 is 0 Å². The van der Waals surface area contributed by atoms with Gasteiger partial charge in [0.25, 0.3) is 5.91 Å². The molecule has 0 saturated heterocycles. The smallest absolute Gasteiger partial charge is 0.257 e. The van der Waals surface area contributed by atoms with Crippen molar-refractivity contribution in [3.8, 4) is 0 Å². The number of ketones is 1. The third kappa shape index (κ3) is 2.72. The molecule has 5 nitrogen and oxygen atoms in total. The summed E-state index contributed by atoms with van der Waals surface area (Å²) in [5, 5.41) is 2.71. The first-order chi connectivity index (χ1) is 9.94. The van der Waals surface area contributed by atoms with Crippen LogP contribution < -0.4 is 5.32 Å². The van der Waals surface area contributed by atoms with E-state index in [-0.39, 0.29) is 17.1 Å². The average molecular weight is 283 g/mol. The van der Waals surface area contributed by atoms with Crippen LogP contribution in [-0.2, 0) is 6.42 Å². The van der Waals surface area contributed by atoms with Crippen LogP contribution in [0.15, 0.2) is 30.3 Å². The second-order valence-corrected chi connectivity index (χ2v) is 6.17. The number of hydrogen-bond acceptors (Lipinski definition) is 3. The number of fused-ring (bicyclic) bond motifs is 1. The Morgan fingerprint density at radius 3 is 2.67 bits per heavy atom. The van der Waals surface area contributed by atoms with Crippen molar-refractivity contribution in [3.63, 3.8) is 0 Å². The van der Waals surface area contributed by atoms with Crippen LogP contribution >= 0.6 is 0 Å². The van der Waals surface area contributed by atoms with Crippen LogP contribution in [0.4, 0.5) is 5.95 Å². The van der Waals surface area contributed by atoms with Gasteiger partial charge in [-0.25, -0.2) is 4.98 Å². The highest BCUT2D eigenvalue weighted by atomic mass is 16.2. The lowest BCUT2D eigenvalue weighted by Crippen LogP contribution is -2.26. The molecular formula is C16H17N3O2. The Morgan fingerprint density at radius 2 is 1.95 bits per heavy atom. The number of amides is 1. The molecule has 1 aromatic carbocycles. The van der Waals surface area contributed by atoms with Gasteiger partial charge in [-0.15, -0.1) is 0 Å². The number of benzene rings is 1. The van der Waals surface area contributed by atoms with E-state index in [0.29, 0.717) is 23.6 Å². The summed E-state index contributed by atoms with van der Waals surface area (Å²) in [4.78, 5) is 31.4. The van der Waals surface area contributed by atoms with E-state index in [1.54, 1.807) is 24.3 Å². The molecule has 1 amide bonds. The summed E-state index contributed by atoms with van der Waals surface area (Å²) in [7, 11) is 0. The van der Waals surface area contributed by atoms with E-state index in [1.807, 2.05) is 6.07 Å². The zero-order chi connectivity index (χ0) is 15.0. The first-order valence-corrected chi connectivity index (χ1v) is 6.93. The van der Waals surface area contributed by atoms with Crippen LogP contribution in [0.3, 0.4) is 0 Å². The fourth-order valence-corrected chi connectivity index (χ4v) is 2.66. The van der Waals surface area contributed by atoms with E-state index in [2.05, 4.69) is 29.1 Å². The molecule has 1 aromatic heterocycles. The van der Waals surface area contributed by atoms with Gasteiger partial charge in [0, 0.05) is 17.7 Å². The van der Waals surface area contributed by atoms with Gasteiger partial charge >= 0.3 is 0 Å². The molecule has 0 aliphatic heterocycles. The summed E-state index contributed by atoms with van der Waals surface area (Å²) in [5.74, 6) is 0.117. The molecule has 0 unspecified atom stereocenters. The SMILES string of the molecule is CC1(C)CC(=O)c2nc(NC(=O)c3ccccc3)[nH]c2C1. The number of anilines is 1. The van der Waals surface area contributed by atoms with Gasteiger partial charge in [-0.2, -0.15) is 0 Å². The highest BCUT2D eigenvalue weighted by molar-refractivity contribution is 6.04. The third-order valence-corrected chi connectivity index (χ3v) is 3.61. The predicted molar refractivity (Wildman–Crippen MR) is 79.4 cm³/mol. The van der Waals surface area contributed by atoms with Gasteiger partial charge in [0.1, 0.15) is 5.69 Å². The number of H-pyrrole nitrogens is 1. The maximum absolute atomic E-state index is 12.1. The maximum Gasteiger partial charge on any atom is 0.257 e. The number of hydrogen-bond donors (Lipinski definition) is 2. The molecule has 5 heteroatoms. The van der Waals surface area contributed by atoms with E-state index >= 15 is 0 Å². The zero-order valence-corrected chi connectivity index (χ0v) is 12.1. The van der Waals surface area contributed by atoms with Gasteiger partial charge in [0.05, 0.1) is 0 Å². The minimum absolute atomic E-state index is 0.0257. The van der Waals surface area contributed by atoms with Crippen molar-refractivity contribution in [2.75, 3.05) is 5.32 Å². The van der Waals surface area contributed by atoms with Crippen LogP contribution in [0.1, 0.15) is 46.8 Å². The van der Waals surface area contributed by atoms with Crippen LogP contribution in [0.25, 0.3) is 0 Å². The van der Waals surface area contributed by atoms with Crippen LogP contribution in [0, 0.1) is 5.41 Å². The van der Waals surface area contributed by atoms with Crippen molar-refractivity contribution in [1.29, 1.82) is 0 Å². The van der Waals surface area contributed by atoms with E-state index in [4.69, 9.17) is 0 Å². The summed E-state index contributed by atoms with van der Waals surface area (Å²) < 4.78 is 0. The highest BCUT2D eigenvalue weighted by Crippen LogP contribution is 2.34. The molecule has 2 N–H and O–H groups in total. The number of rotatable bonds is 2. The molecule has 0 atom stereocenters. The van der Waals surface area contributed by atoms with E-state index in [9.17, 15) is 9.59 Å². The largest absolute Gasteiger partial charge is 0.327 e. The number of carbonyl (C=O) groups is 2. The molecule has 1 heterocycles. The summed E-state index contributed by atoms with van der Waals surface area (Å²) in [6, 6.07) is 8.91. The van der Waals surface area contributed by atoms with Crippen molar-refractivity contribution in [2.24, 2.45) is 5.41 Å². The number of aromatic amines is 1. The summed E-state index contributed by atoms with van der Waals surface area (Å²) in [5.41, 5.74) is 1.74. The predicted octanol–water partition coefficient (Wildman–Crippen LogP) is 2.82. The molecule has 3 rings (SSSR count). The monoisotopic (exact) mass is 283 g/mol. The van der Waals surface area contributed by atoms with E-state index in [0.717, 1.165) is 12.1 Å². The molecule has 0 radical (unpaired) electrons. The standard InChI is InChI=1S/C16H17N3O2/c1-16(2)8-11-13(12(20)9-16)18-15(17-11)19-14(21)10-6-4-3-5-7-10/h3-7H,8-9H2,1-2H3,(H2,17,18,19,21). The van der Waals surface area contributed by atoms with Crippen molar-refractivity contribution in [1.82, 2.24) is 9.97 Å². The average Bonchev–Trinajstić information content (AvgIpc) is 2.81. The Morgan fingerprint density at radius 1 is 1.24 bits per heavy atom. The lowest BCUT2D eigenvalue weighted by atomic mass is 9.77. The van der Waals surface area contributed by atoms with Crippen LogP contribution in [-0.4, -0.2) is 21.7 Å². The summed E-state index contributed by atoms with van der Waals surface area (Å²) in [6.45, 7) is 4.10.